The third-order valence-corrected chi connectivity index (χ3v) is 7.90. The maximum atomic E-state index is 16.7. The van der Waals surface area contributed by atoms with E-state index in [0.29, 0.717) is 17.3 Å². The number of ether oxygens (including phenoxy) is 2. The monoisotopic (exact) mass is 640 g/mol. The minimum atomic E-state index is -5.25. The maximum Gasteiger partial charge on any atom is 0.420 e. The summed E-state index contributed by atoms with van der Waals surface area (Å²) in [5.41, 5.74) is 7.78. The molecular weight excluding hydrogens is 619 g/mol. The Bertz CT molecular complexity index is 1970. The molecule has 0 unspecified atom stereocenters. The lowest BCUT2D eigenvalue weighted by Gasteiger charge is -2.30. The number of halogens is 5. The van der Waals surface area contributed by atoms with E-state index in [2.05, 4.69) is 21.5 Å². The van der Waals surface area contributed by atoms with Crippen molar-refractivity contribution < 1.29 is 31.4 Å². The molecule has 230 valence electrons. The zero-order valence-electron chi connectivity index (χ0n) is 23.5. The number of aromatic nitrogens is 3. The molecule has 0 amide bonds. The summed E-state index contributed by atoms with van der Waals surface area (Å²) in [5, 5.41) is 18.7. The average molecular weight is 641 g/mol. The number of nitrogens with two attached hydrogens (primary N) is 2. The number of anilines is 2. The number of nitrogens with zero attached hydrogens (tertiary/aromatic N) is 6. The highest BCUT2D eigenvalue weighted by atomic mass is 32.2. The molecule has 4 aromatic rings. The van der Waals surface area contributed by atoms with Crippen molar-refractivity contribution in [1.29, 1.82) is 10.5 Å². The van der Waals surface area contributed by atoms with E-state index in [4.69, 9.17) is 20.9 Å². The van der Waals surface area contributed by atoms with Gasteiger partial charge in [0.25, 0.3) is 0 Å². The summed E-state index contributed by atoms with van der Waals surface area (Å²) in [5.74, 6) is -3.38. The van der Waals surface area contributed by atoms with Crippen LogP contribution in [0.15, 0.2) is 40.9 Å². The third kappa shape index (κ3) is 5.33. The highest BCUT2D eigenvalue weighted by Crippen LogP contribution is 2.53. The molecule has 10 nitrogen and oxygen atoms in total. The van der Waals surface area contributed by atoms with Crippen LogP contribution in [0.1, 0.15) is 35.2 Å². The van der Waals surface area contributed by atoms with E-state index in [9.17, 15) is 14.9 Å². The van der Waals surface area contributed by atoms with E-state index in [-0.39, 0.29) is 41.4 Å². The van der Waals surface area contributed by atoms with Crippen molar-refractivity contribution >= 4 is 34.3 Å². The number of benzene rings is 2. The van der Waals surface area contributed by atoms with E-state index in [1.165, 1.54) is 24.3 Å². The Morgan fingerprint density at radius 1 is 1.22 bits per heavy atom. The van der Waals surface area contributed by atoms with Crippen LogP contribution in [0.4, 0.5) is 33.6 Å². The van der Waals surface area contributed by atoms with E-state index in [1.807, 2.05) is 6.07 Å². The number of pyridine rings is 1. The fourth-order valence-electron chi connectivity index (χ4n) is 5.12. The molecular formula is C29H21F5N8O2S. The Kier molecular flexibility index (Phi) is 8.03. The van der Waals surface area contributed by atoms with Gasteiger partial charge in [0, 0.05) is 22.9 Å². The minimum absolute atomic E-state index is 0.0517. The fraction of sp³-hybridized carbons (Fsp3) is 0.207. The molecule has 45 heavy (non-hydrogen) atoms. The van der Waals surface area contributed by atoms with Gasteiger partial charge in [-0.25, -0.2) is 13.8 Å². The van der Waals surface area contributed by atoms with Gasteiger partial charge in [0.15, 0.2) is 5.82 Å². The van der Waals surface area contributed by atoms with Gasteiger partial charge in [0.1, 0.15) is 53.0 Å². The molecule has 1 aliphatic heterocycles. The number of rotatable bonds is 6. The Balaban J connectivity index is 1.90. The van der Waals surface area contributed by atoms with Crippen LogP contribution in [0.3, 0.4) is 0 Å². The summed E-state index contributed by atoms with van der Waals surface area (Å²) in [4.78, 5) is 13.4. The van der Waals surface area contributed by atoms with Crippen molar-refractivity contribution in [3.63, 3.8) is 0 Å². The van der Waals surface area contributed by atoms with Crippen LogP contribution >= 0.6 is 11.8 Å². The van der Waals surface area contributed by atoms with E-state index >= 15 is 17.6 Å². The number of thioether (sulfide) groups is 1. The van der Waals surface area contributed by atoms with E-state index in [1.54, 1.807) is 13.0 Å². The molecule has 1 atom stereocenters. The SMILES string of the molecule is C=C(N)Sc1c(F)ccc(-c2c(C(F)(F)F)c3c4c(nc(OC)nc4c2F)N([C@H](C)c2cc(C#N)cnc2N)CCO3)c1C#N. The second kappa shape index (κ2) is 11.6. The van der Waals surface area contributed by atoms with Crippen LogP contribution < -0.4 is 25.8 Å². The van der Waals surface area contributed by atoms with Crippen LogP contribution in [0.5, 0.6) is 11.8 Å². The lowest BCUT2D eigenvalue weighted by molar-refractivity contribution is -0.138. The average Bonchev–Trinajstić information content (AvgIpc) is 3.18. The molecule has 16 heteroatoms. The molecule has 5 rings (SSSR count). The normalized spacial score (nSPS) is 13.4. The molecule has 0 aliphatic carbocycles. The molecule has 0 spiro atoms. The first kappa shape index (κ1) is 31.1. The molecule has 4 N–H and O–H groups in total. The number of alkyl halides is 3. The van der Waals surface area contributed by atoms with Crippen molar-refractivity contribution in [2.75, 3.05) is 30.9 Å². The molecule has 1 aliphatic rings. The van der Waals surface area contributed by atoms with Crippen molar-refractivity contribution in [3.05, 3.63) is 69.9 Å². The quantitative estimate of drug-likeness (QED) is 0.194. The van der Waals surface area contributed by atoms with E-state index in [0.717, 1.165) is 12.1 Å². The van der Waals surface area contributed by atoms with Crippen LogP contribution in [0, 0.1) is 34.3 Å². The minimum Gasteiger partial charge on any atom is -0.490 e. The summed E-state index contributed by atoms with van der Waals surface area (Å²) in [7, 11) is 1.19. The van der Waals surface area contributed by atoms with Gasteiger partial charge < -0.3 is 25.8 Å². The highest BCUT2D eigenvalue weighted by molar-refractivity contribution is 8.03. The molecule has 2 aromatic carbocycles. The molecule has 2 aromatic heterocycles. The third-order valence-electron chi connectivity index (χ3n) is 7.04. The Morgan fingerprint density at radius 2 is 1.96 bits per heavy atom. The molecule has 0 radical (unpaired) electrons. The van der Waals surface area contributed by atoms with Gasteiger partial charge in [-0.05, 0) is 25.1 Å². The second-order valence-corrected chi connectivity index (χ2v) is 10.8. The lowest BCUT2D eigenvalue weighted by Crippen LogP contribution is -2.31. The lowest BCUT2D eigenvalue weighted by atomic mass is 9.91. The Morgan fingerprint density at radius 3 is 2.58 bits per heavy atom. The van der Waals surface area contributed by atoms with Crippen LogP contribution in [-0.4, -0.2) is 35.2 Å². The van der Waals surface area contributed by atoms with Gasteiger partial charge in [-0.3, -0.25) is 0 Å². The van der Waals surface area contributed by atoms with Crippen molar-refractivity contribution in [2.24, 2.45) is 5.73 Å². The number of nitriles is 2. The predicted molar refractivity (Wildman–Crippen MR) is 155 cm³/mol. The molecule has 0 saturated carbocycles. The van der Waals surface area contributed by atoms with Crippen molar-refractivity contribution in [3.8, 4) is 35.0 Å². The zero-order chi connectivity index (χ0) is 32.8. The molecule has 3 heterocycles. The van der Waals surface area contributed by atoms with Gasteiger partial charge in [0.2, 0.25) is 0 Å². The predicted octanol–water partition coefficient (Wildman–Crippen LogP) is 5.80. The highest BCUT2D eigenvalue weighted by Gasteiger charge is 2.44. The zero-order valence-corrected chi connectivity index (χ0v) is 24.3. The number of methoxy groups -OCH3 is 1. The van der Waals surface area contributed by atoms with Crippen molar-refractivity contribution in [1.82, 2.24) is 15.0 Å². The van der Waals surface area contributed by atoms with Crippen LogP contribution in [0.25, 0.3) is 22.0 Å². The summed E-state index contributed by atoms with van der Waals surface area (Å²) < 4.78 is 87.5. The van der Waals surface area contributed by atoms with Gasteiger partial charge in [0.05, 0.1) is 46.1 Å². The summed E-state index contributed by atoms with van der Waals surface area (Å²) in [6, 6.07) is 5.63. The Hall–Kier alpha value is -5.35. The van der Waals surface area contributed by atoms with Gasteiger partial charge >= 0.3 is 12.2 Å². The number of hydrogen-bond donors (Lipinski definition) is 2. The smallest absolute Gasteiger partial charge is 0.420 e. The van der Waals surface area contributed by atoms with Gasteiger partial charge in [-0.1, -0.05) is 18.3 Å². The fourth-order valence-corrected chi connectivity index (χ4v) is 5.81. The first-order valence-corrected chi connectivity index (χ1v) is 13.7. The largest absolute Gasteiger partial charge is 0.490 e. The first-order valence-electron chi connectivity index (χ1n) is 12.9. The first-order chi connectivity index (χ1) is 21.3. The van der Waals surface area contributed by atoms with Gasteiger partial charge in [-0.15, -0.1) is 0 Å². The summed E-state index contributed by atoms with van der Waals surface area (Å²) in [6.45, 7) is 4.67. The molecule has 0 bridgehead atoms. The van der Waals surface area contributed by atoms with Crippen molar-refractivity contribution in [2.45, 2.75) is 24.0 Å². The summed E-state index contributed by atoms with van der Waals surface area (Å²) >= 11 is 0.509. The standard InChI is InChI=1S/C29H21F5N8O2S/c1-12(16-8-14(9-35)11-39-26(16)38)42-6-7-44-24-20-23(40-28(43-3)41-27(20)42)22(31)19(21(24)29(32,33)34)15-4-5-18(30)25(17(15)10-36)45-13(2)37/h4-5,8,11-12H,2,6-7,37H2,1,3H3,(H2,38,39)/t12-/m1/s1. The topological polar surface area (TPSA) is 160 Å². The van der Waals surface area contributed by atoms with Gasteiger partial charge in [-0.2, -0.15) is 33.7 Å². The van der Waals surface area contributed by atoms with E-state index < -0.39 is 67.7 Å². The summed E-state index contributed by atoms with van der Waals surface area (Å²) in [6.07, 6.45) is -3.98. The number of nitrogen functional groups attached to an aromatic ring is 1. The number of hydrogen-bond acceptors (Lipinski definition) is 11. The van der Waals surface area contributed by atoms with Crippen LogP contribution in [-0.2, 0) is 6.18 Å². The van der Waals surface area contributed by atoms with Crippen LogP contribution in [0.2, 0.25) is 0 Å². The molecule has 0 fully saturated rings. The second-order valence-electron chi connectivity index (χ2n) is 9.66. The maximum absolute atomic E-state index is 16.7. The molecule has 0 saturated heterocycles. The Labute approximate surface area is 256 Å².